The SMILES string of the molecule is Cn1cc(-c2cccc(Oc3ccc(N)c(Cl)c3)c2)nn1. The molecule has 0 spiro atoms. The minimum atomic E-state index is 0.470. The van der Waals surface area contributed by atoms with E-state index in [1.165, 1.54) is 0 Å². The van der Waals surface area contributed by atoms with E-state index in [4.69, 9.17) is 22.1 Å². The van der Waals surface area contributed by atoms with Crippen LogP contribution in [0.25, 0.3) is 11.3 Å². The van der Waals surface area contributed by atoms with Gasteiger partial charge in [0.05, 0.1) is 16.9 Å². The molecule has 0 bridgehead atoms. The van der Waals surface area contributed by atoms with Crippen molar-refractivity contribution >= 4 is 17.3 Å². The molecule has 0 atom stereocenters. The van der Waals surface area contributed by atoms with Gasteiger partial charge in [0.25, 0.3) is 0 Å². The Balaban J connectivity index is 1.87. The zero-order valence-corrected chi connectivity index (χ0v) is 12.1. The molecule has 0 saturated heterocycles. The Morgan fingerprint density at radius 2 is 1.95 bits per heavy atom. The Hall–Kier alpha value is -2.53. The van der Waals surface area contributed by atoms with E-state index < -0.39 is 0 Å². The van der Waals surface area contributed by atoms with Crippen LogP contribution in [-0.2, 0) is 7.05 Å². The van der Waals surface area contributed by atoms with Crippen molar-refractivity contribution in [2.45, 2.75) is 0 Å². The number of benzene rings is 2. The Morgan fingerprint density at radius 3 is 2.67 bits per heavy atom. The maximum Gasteiger partial charge on any atom is 0.129 e. The first-order valence-corrected chi connectivity index (χ1v) is 6.69. The summed E-state index contributed by atoms with van der Waals surface area (Å²) in [6, 6.07) is 12.8. The van der Waals surface area contributed by atoms with Crippen molar-refractivity contribution in [3.63, 3.8) is 0 Å². The van der Waals surface area contributed by atoms with E-state index in [9.17, 15) is 0 Å². The van der Waals surface area contributed by atoms with Gasteiger partial charge in [-0.05, 0) is 24.3 Å². The van der Waals surface area contributed by atoms with Crippen LogP contribution < -0.4 is 10.5 Å². The van der Waals surface area contributed by atoms with Crippen LogP contribution in [0.3, 0.4) is 0 Å². The first kappa shape index (κ1) is 13.5. The number of anilines is 1. The van der Waals surface area contributed by atoms with Gasteiger partial charge in [-0.2, -0.15) is 0 Å². The lowest BCUT2D eigenvalue weighted by Crippen LogP contribution is -1.89. The fourth-order valence-corrected chi connectivity index (χ4v) is 2.08. The average molecular weight is 301 g/mol. The van der Waals surface area contributed by atoms with Gasteiger partial charge in [-0.3, -0.25) is 4.68 Å². The summed E-state index contributed by atoms with van der Waals surface area (Å²) in [5.74, 6) is 1.32. The smallest absolute Gasteiger partial charge is 0.129 e. The van der Waals surface area contributed by atoms with E-state index in [2.05, 4.69) is 10.3 Å². The van der Waals surface area contributed by atoms with Crippen LogP contribution in [0.1, 0.15) is 0 Å². The van der Waals surface area contributed by atoms with Crippen LogP contribution in [0, 0.1) is 0 Å². The van der Waals surface area contributed by atoms with E-state index in [-0.39, 0.29) is 0 Å². The number of rotatable bonds is 3. The molecule has 5 nitrogen and oxygen atoms in total. The van der Waals surface area contributed by atoms with Crippen molar-refractivity contribution < 1.29 is 4.74 Å². The first-order chi connectivity index (χ1) is 10.1. The molecule has 21 heavy (non-hydrogen) atoms. The van der Waals surface area contributed by atoms with Crippen molar-refractivity contribution in [3.05, 3.63) is 53.7 Å². The number of hydrogen-bond donors (Lipinski definition) is 1. The van der Waals surface area contributed by atoms with Crippen molar-refractivity contribution in [1.82, 2.24) is 15.0 Å². The maximum atomic E-state index is 5.98. The molecule has 1 heterocycles. The molecule has 0 aliphatic carbocycles. The van der Waals surface area contributed by atoms with Crippen LogP contribution in [0.15, 0.2) is 48.7 Å². The van der Waals surface area contributed by atoms with Crippen LogP contribution in [0.2, 0.25) is 5.02 Å². The van der Waals surface area contributed by atoms with Gasteiger partial charge in [-0.25, -0.2) is 0 Å². The molecule has 3 aromatic rings. The second-order valence-electron chi connectivity index (χ2n) is 4.59. The molecule has 1 aromatic heterocycles. The molecular weight excluding hydrogens is 288 g/mol. The highest BCUT2D eigenvalue weighted by atomic mass is 35.5. The van der Waals surface area contributed by atoms with Crippen LogP contribution in [0.5, 0.6) is 11.5 Å². The standard InChI is InChI=1S/C15H13ClN4O/c1-20-9-15(18-19-20)10-3-2-4-11(7-10)21-12-5-6-14(17)13(16)8-12/h2-9H,17H2,1H3. The van der Waals surface area contributed by atoms with E-state index in [1.54, 1.807) is 22.9 Å². The first-order valence-electron chi connectivity index (χ1n) is 6.31. The van der Waals surface area contributed by atoms with Gasteiger partial charge in [0.2, 0.25) is 0 Å². The fourth-order valence-electron chi connectivity index (χ4n) is 1.91. The normalized spacial score (nSPS) is 10.6. The van der Waals surface area contributed by atoms with Crippen molar-refractivity contribution in [2.75, 3.05) is 5.73 Å². The van der Waals surface area contributed by atoms with Crippen LogP contribution in [0.4, 0.5) is 5.69 Å². The van der Waals surface area contributed by atoms with Gasteiger partial charge in [0, 0.05) is 18.7 Å². The summed E-state index contributed by atoms with van der Waals surface area (Å²) in [4.78, 5) is 0. The maximum absolute atomic E-state index is 5.98. The van der Waals surface area contributed by atoms with Crippen molar-refractivity contribution in [1.29, 1.82) is 0 Å². The largest absolute Gasteiger partial charge is 0.457 e. The third-order valence-corrected chi connectivity index (χ3v) is 3.27. The highest BCUT2D eigenvalue weighted by Crippen LogP contribution is 2.29. The summed E-state index contributed by atoms with van der Waals surface area (Å²) in [5, 5.41) is 8.47. The summed E-state index contributed by atoms with van der Waals surface area (Å²) < 4.78 is 7.44. The highest BCUT2D eigenvalue weighted by Gasteiger charge is 2.05. The number of aryl methyl sites for hydroxylation is 1. The van der Waals surface area contributed by atoms with Gasteiger partial charge in [-0.15, -0.1) is 5.10 Å². The topological polar surface area (TPSA) is 66.0 Å². The van der Waals surface area contributed by atoms with Gasteiger partial charge < -0.3 is 10.5 Å². The Morgan fingerprint density at radius 1 is 1.14 bits per heavy atom. The highest BCUT2D eigenvalue weighted by molar-refractivity contribution is 6.33. The molecule has 0 aliphatic heterocycles. The monoisotopic (exact) mass is 300 g/mol. The van der Waals surface area contributed by atoms with E-state index >= 15 is 0 Å². The molecule has 0 amide bonds. The molecule has 0 radical (unpaired) electrons. The van der Waals surface area contributed by atoms with E-state index in [0.717, 1.165) is 11.3 Å². The van der Waals surface area contributed by atoms with Gasteiger partial charge in [-0.1, -0.05) is 28.9 Å². The molecule has 106 valence electrons. The summed E-state index contributed by atoms with van der Waals surface area (Å²) >= 11 is 5.98. The summed E-state index contributed by atoms with van der Waals surface area (Å²) in [6.07, 6.45) is 1.85. The molecule has 2 aromatic carbocycles. The lowest BCUT2D eigenvalue weighted by atomic mass is 10.1. The minimum Gasteiger partial charge on any atom is -0.457 e. The number of nitrogen functional groups attached to an aromatic ring is 1. The van der Waals surface area contributed by atoms with E-state index in [1.807, 2.05) is 37.5 Å². The number of halogens is 1. The van der Waals surface area contributed by atoms with Crippen molar-refractivity contribution in [2.24, 2.45) is 7.05 Å². The quantitative estimate of drug-likeness (QED) is 0.752. The molecule has 0 saturated carbocycles. The second kappa shape index (κ2) is 5.46. The molecule has 6 heteroatoms. The predicted octanol–water partition coefficient (Wildman–Crippen LogP) is 3.51. The van der Waals surface area contributed by atoms with Gasteiger partial charge in [0.15, 0.2) is 0 Å². The molecule has 3 rings (SSSR count). The third kappa shape index (κ3) is 2.98. The average Bonchev–Trinajstić information content (AvgIpc) is 2.90. The minimum absolute atomic E-state index is 0.470. The molecule has 0 aliphatic rings. The number of nitrogens with zero attached hydrogens (tertiary/aromatic N) is 3. The van der Waals surface area contributed by atoms with Crippen molar-refractivity contribution in [3.8, 4) is 22.8 Å². The molecule has 2 N–H and O–H groups in total. The number of ether oxygens (including phenoxy) is 1. The number of aromatic nitrogens is 3. The second-order valence-corrected chi connectivity index (χ2v) is 5.00. The summed E-state index contributed by atoms with van der Waals surface area (Å²) in [7, 11) is 1.83. The lowest BCUT2D eigenvalue weighted by Gasteiger charge is -2.08. The Labute approximate surface area is 126 Å². The van der Waals surface area contributed by atoms with Crippen LogP contribution >= 0.6 is 11.6 Å². The Kier molecular flexibility index (Phi) is 3.50. The fraction of sp³-hybridized carbons (Fsp3) is 0.0667. The van der Waals surface area contributed by atoms with E-state index in [0.29, 0.717) is 22.2 Å². The Bertz CT molecular complexity index is 785. The summed E-state index contributed by atoms with van der Waals surface area (Å²) in [6.45, 7) is 0. The zero-order valence-electron chi connectivity index (χ0n) is 11.3. The predicted molar refractivity (Wildman–Crippen MR) is 82.4 cm³/mol. The molecular formula is C15H13ClN4O. The third-order valence-electron chi connectivity index (χ3n) is 2.94. The number of hydrogen-bond acceptors (Lipinski definition) is 4. The van der Waals surface area contributed by atoms with Gasteiger partial charge >= 0.3 is 0 Å². The zero-order chi connectivity index (χ0) is 14.8. The lowest BCUT2D eigenvalue weighted by molar-refractivity contribution is 0.483. The summed E-state index contributed by atoms with van der Waals surface area (Å²) in [5.41, 5.74) is 7.93. The molecule has 0 unspecified atom stereocenters. The van der Waals surface area contributed by atoms with Gasteiger partial charge in [0.1, 0.15) is 17.2 Å². The number of nitrogens with two attached hydrogens (primary N) is 1. The van der Waals surface area contributed by atoms with Crippen LogP contribution in [-0.4, -0.2) is 15.0 Å². The molecule has 0 fully saturated rings.